The molecule has 20 heavy (non-hydrogen) atoms. The Balaban J connectivity index is 2.35. The second kappa shape index (κ2) is 5.74. The third-order valence-electron chi connectivity index (χ3n) is 3.28. The highest BCUT2D eigenvalue weighted by molar-refractivity contribution is 6.04. The van der Waals surface area contributed by atoms with Crippen LogP contribution in [0.15, 0.2) is 35.3 Å². The van der Waals surface area contributed by atoms with Crippen molar-refractivity contribution in [2.24, 2.45) is 0 Å². The second-order valence-corrected chi connectivity index (χ2v) is 4.81. The fraction of sp³-hybridized carbons (Fsp3) is 0.250. The van der Waals surface area contributed by atoms with Gasteiger partial charge in [-0.2, -0.15) is 0 Å². The summed E-state index contributed by atoms with van der Waals surface area (Å²) in [6.45, 7) is 5.75. The molecule has 0 aliphatic rings. The minimum absolute atomic E-state index is 0.126. The molecule has 1 aromatic heterocycles. The number of nitrogens with one attached hydrogen (secondary N) is 2. The van der Waals surface area contributed by atoms with Crippen LogP contribution in [0, 0.1) is 13.8 Å². The van der Waals surface area contributed by atoms with E-state index in [1.54, 1.807) is 6.92 Å². The van der Waals surface area contributed by atoms with E-state index in [-0.39, 0.29) is 16.9 Å². The molecule has 0 spiro atoms. The first-order valence-electron chi connectivity index (χ1n) is 6.62. The van der Waals surface area contributed by atoms with Crippen LogP contribution in [0.4, 0.5) is 5.69 Å². The number of H-pyrrole nitrogens is 1. The van der Waals surface area contributed by atoms with Crippen molar-refractivity contribution in [3.05, 3.63) is 63.1 Å². The molecule has 0 radical (unpaired) electrons. The molecular formula is C16H18N2O2. The number of amides is 1. The molecule has 1 aromatic carbocycles. The van der Waals surface area contributed by atoms with Crippen LogP contribution in [0.1, 0.15) is 34.1 Å². The first kappa shape index (κ1) is 14.1. The Hall–Kier alpha value is -2.36. The van der Waals surface area contributed by atoms with Crippen molar-refractivity contribution in [2.45, 2.75) is 27.2 Å². The molecule has 0 aliphatic carbocycles. The van der Waals surface area contributed by atoms with Gasteiger partial charge >= 0.3 is 0 Å². The number of pyridine rings is 1. The van der Waals surface area contributed by atoms with Crippen LogP contribution in [0.2, 0.25) is 0 Å². The van der Waals surface area contributed by atoms with Gasteiger partial charge in [0.2, 0.25) is 0 Å². The quantitative estimate of drug-likeness (QED) is 0.900. The zero-order valence-electron chi connectivity index (χ0n) is 11.9. The number of aryl methyl sites for hydroxylation is 3. The van der Waals surface area contributed by atoms with E-state index in [1.165, 1.54) is 12.3 Å². The molecule has 0 bridgehead atoms. The highest BCUT2D eigenvalue weighted by atomic mass is 16.2. The lowest BCUT2D eigenvalue weighted by Gasteiger charge is -2.12. The number of aromatic amines is 1. The summed E-state index contributed by atoms with van der Waals surface area (Å²) in [4.78, 5) is 27.0. The number of rotatable bonds is 3. The van der Waals surface area contributed by atoms with Crippen LogP contribution >= 0.6 is 0 Å². The maximum absolute atomic E-state index is 12.2. The average Bonchev–Trinajstić information content (AvgIpc) is 2.40. The van der Waals surface area contributed by atoms with E-state index >= 15 is 0 Å². The predicted molar refractivity (Wildman–Crippen MR) is 80.3 cm³/mol. The molecule has 0 unspecified atom stereocenters. The molecule has 0 saturated carbocycles. The molecule has 0 aliphatic heterocycles. The normalized spacial score (nSPS) is 10.3. The Morgan fingerprint density at radius 3 is 2.70 bits per heavy atom. The van der Waals surface area contributed by atoms with Gasteiger partial charge < -0.3 is 10.3 Å². The molecule has 4 nitrogen and oxygen atoms in total. The Labute approximate surface area is 117 Å². The molecular weight excluding hydrogens is 252 g/mol. The second-order valence-electron chi connectivity index (χ2n) is 4.81. The van der Waals surface area contributed by atoms with Crippen molar-refractivity contribution in [3.63, 3.8) is 0 Å². The van der Waals surface area contributed by atoms with E-state index in [2.05, 4.69) is 10.3 Å². The highest BCUT2D eigenvalue weighted by Crippen LogP contribution is 2.21. The minimum atomic E-state index is -0.379. The summed E-state index contributed by atoms with van der Waals surface area (Å²) < 4.78 is 0. The van der Waals surface area contributed by atoms with Gasteiger partial charge in [-0.15, -0.1) is 0 Å². The van der Waals surface area contributed by atoms with Crippen LogP contribution in [-0.2, 0) is 6.42 Å². The molecule has 0 atom stereocenters. The summed E-state index contributed by atoms with van der Waals surface area (Å²) in [5.41, 5.74) is 3.42. The van der Waals surface area contributed by atoms with Gasteiger partial charge in [0.1, 0.15) is 5.56 Å². The smallest absolute Gasteiger partial charge is 0.261 e. The Bertz CT molecular complexity index is 702. The monoisotopic (exact) mass is 270 g/mol. The van der Waals surface area contributed by atoms with Gasteiger partial charge in [0.25, 0.3) is 5.91 Å². The average molecular weight is 270 g/mol. The van der Waals surface area contributed by atoms with Crippen LogP contribution < -0.4 is 10.7 Å². The molecule has 4 heteroatoms. The molecule has 1 heterocycles. The summed E-state index contributed by atoms with van der Waals surface area (Å²) in [5, 5.41) is 2.85. The van der Waals surface area contributed by atoms with E-state index < -0.39 is 0 Å². The van der Waals surface area contributed by atoms with Crippen molar-refractivity contribution in [1.82, 2.24) is 4.98 Å². The lowest BCUT2D eigenvalue weighted by molar-refractivity contribution is 0.102. The zero-order valence-corrected chi connectivity index (χ0v) is 11.9. The maximum atomic E-state index is 12.2. The maximum Gasteiger partial charge on any atom is 0.261 e. The van der Waals surface area contributed by atoms with Crippen molar-refractivity contribution in [2.75, 3.05) is 5.32 Å². The number of hydrogen-bond acceptors (Lipinski definition) is 2. The molecule has 104 valence electrons. The van der Waals surface area contributed by atoms with Crippen LogP contribution in [0.25, 0.3) is 0 Å². The van der Waals surface area contributed by atoms with Crippen molar-refractivity contribution >= 4 is 11.6 Å². The third kappa shape index (κ3) is 2.79. The largest absolute Gasteiger partial charge is 0.364 e. The number of carbonyl (C=O) groups is 1. The fourth-order valence-corrected chi connectivity index (χ4v) is 2.13. The number of hydrogen-bond donors (Lipinski definition) is 2. The molecule has 0 fully saturated rings. The lowest BCUT2D eigenvalue weighted by Crippen LogP contribution is -2.22. The van der Waals surface area contributed by atoms with Gasteiger partial charge in [-0.25, -0.2) is 0 Å². The predicted octanol–water partition coefficient (Wildman–Crippen LogP) is 2.81. The van der Waals surface area contributed by atoms with Crippen molar-refractivity contribution < 1.29 is 4.79 Å². The minimum Gasteiger partial charge on any atom is -0.364 e. The van der Waals surface area contributed by atoms with Crippen LogP contribution in [0.5, 0.6) is 0 Å². The number of carbonyl (C=O) groups excluding carboxylic acids is 1. The van der Waals surface area contributed by atoms with Crippen LogP contribution in [0.3, 0.4) is 0 Å². The Morgan fingerprint density at radius 1 is 1.30 bits per heavy atom. The zero-order chi connectivity index (χ0) is 14.7. The van der Waals surface area contributed by atoms with E-state index in [4.69, 9.17) is 0 Å². The highest BCUT2D eigenvalue weighted by Gasteiger charge is 2.13. The molecule has 2 N–H and O–H groups in total. The first-order chi connectivity index (χ1) is 9.52. The summed E-state index contributed by atoms with van der Waals surface area (Å²) in [7, 11) is 0. The topological polar surface area (TPSA) is 62.0 Å². The first-order valence-corrected chi connectivity index (χ1v) is 6.62. The van der Waals surface area contributed by atoms with Crippen molar-refractivity contribution in [1.29, 1.82) is 0 Å². The summed E-state index contributed by atoms with van der Waals surface area (Å²) in [5.74, 6) is -0.379. The number of benzene rings is 1. The van der Waals surface area contributed by atoms with Crippen LogP contribution in [-0.4, -0.2) is 10.9 Å². The number of para-hydroxylation sites is 1. The lowest BCUT2D eigenvalue weighted by atomic mass is 10.1. The molecule has 2 aromatic rings. The van der Waals surface area contributed by atoms with Gasteiger partial charge in [0, 0.05) is 23.6 Å². The third-order valence-corrected chi connectivity index (χ3v) is 3.28. The van der Waals surface area contributed by atoms with Crippen molar-refractivity contribution in [3.8, 4) is 0 Å². The molecule has 2 rings (SSSR count). The van der Waals surface area contributed by atoms with Gasteiger partial charge in [0.05, 0.1) is 0 Å². The standard InChI is InChI=1S/C16H18N2O2/c1-4-12-7-5-6-10(2)15(12)18-16(20)13-9-17-11(3)8-14(13)19/h5-9H,4H2,1-3H3,(H,17,19)(H,18,20). The SMILES string of the molecule is CCc1cccc(C)c1NC(=O)c1c[nH]c(C)cc1=O. The number of aromatic nitrogens is 1. The summed E-state index contributed by atoms with van der Waals surface area (Å²) in [6.07, 6.45) is 2.28. The fourth-order valence-electron chi connectivity index (χ4n) is 2.13. The Morgan fingerprint density at radius 2 is 2.05 bits per heavy atom. The summed E-state index contributed by atoms with van der Waals surface area (Å²) in [6, 6.07) is 7.30. The van der Waals surface area contributed by atoms with E-state index in [1.807, 2.05) is 32.0 Å². The van der Waals surface area contributed by atoms with E-state index in [0.717, 1.165) is 28.9 Å². The van der Waals surface area contributed by atoms with Gasteiger partial charge in [-0.3, -0.25) is 9.59 Å². The van der Waals surface area contributed by atoms with Gasteiger partial charge in [-0.05, 0) is 31.4 Å². The van der Waals surface area contributed by atoms with Gasteiger partial charge in [0.15, 0.2) is 5.43 Å². The molecule has 0 saturated heterocycles. The van der Waals surface area contributed by atoms with Gasteiger partial charge in [-0.1, -0.05) is 25.1 Å². The molecule has 1 amide bonds. The van der Waals surface area contributed by atoms with E-state index in [9.17, 15) is 9.59 Å². The summed E-state index contributed by atoms with van der Waals surface area (Å²) >= 11 is 0. The van der Waals surface area contributed by atoms with E-state index in [0.29, 0.717) is 0 Å². The number of anilines is 1. The Kier molecular flexibility index (Phi) is 4.03.